The van der Waals surface area contributed by atoms with Crippen molar-refractivity contribution in [3.63, 3.8) is 0 Å². The molecular formula is C14H24FNO3. The van der Waals surface area contributed by atoms with Crippen LogP contribution >= 0.6 is 0 Å². The molecule has 0 aliphatic heterocycles. The molecule has 0 amide bonds. The van der Waals surface area contributed by atoms with Gasteiger partial charge in [0.25, 0.3) is 0 Å². The summed E-state index contributed by atoms with van der Waals surface area (Å²) in [5.74, 6) is 0.744. The molecule has 0 unspecified atom stereocenters. The second kappa shape index (κ2) is 6.79. The number of alkyl halides is 1. The summed E-state index contributed by atoms with van der Waals surface area (Å²) >= 11 is 0. The van der Waals surface area contributed by atoms with E-state index in [2.05, 4.69) is 5.32 Å². The lowest BCUT2D eigenvalue weighted by atomic mass is 9.88. The number of aliphatic hydroxyl groups excluding tert-OH is 3. The van der Waals surface area contributed by atoms with Crippen LogP contribution in [0.25, 0.3) is 0 Å². The van der Waals surface area contributed by atoms with Crippen LogP contribution < -0.4 is 5.32 Å². The Balaban J connectivity index is 1.85. The quantitative estimate of drug-likeness (QED) is 0.551. The number of hydrogen-bond acceptors (Lipinski definition) is 4. The van der Waals surface area contributed by atoms with Gasteiger partial charge in [-0.15, -0.1) is 0 Å². The van der Waals surface area contributed by atoms with Crippen molar-refractivity contribution in [1.29, 1.82) is 0 Å². The summed E-state index contributed by atoms with van der Waals surface area (Å²) in [4.78, 5) is 0. The van der Waals surface area contributed by atoms with Crippen molar-refractivity contribution in [1.82, 2.24) is 5.32 Å². The SMILES string of the molecule is O[C@@H]1[C@@H](O)[C@@H](O)C(CF)=C[C@H]1NCCC1CCCC1. The highest BCUT2D eigenvalue weighted by molar-refractivity contribution is 5.21. The van der Waals surface area contributed by atoms with Gasteiger partial charge in [-0.2, -0.15) is 0 Å². The van der Waals surface area contributed by atoms with E-state index in [0.717, 1.165) is 18.9 Å². The first-order valence-corrected chi connectivity index (χ1v) is 7.17. The molecule has 0 heterocycles. The molecule has 2 rings (SSSR count). The molecule has 2 aliphatic carbocycles. The molecule has 0 saturated heterocycles. The summed E-state index contributed by atoms with van der Waals surface area (Å²) in [6, 6.07) is -0.481. The zero-order valence-electron chi connectivity index (χ0n) is 11.1. The fourth-order valence-electron chi connectivity index (χ4n) is 3.10. The molecule has 0 aromatic rings. The molecule has 4 nitrogen and oxygen atoms in total. The van der Waals surface area contributed by atoms with E-state index in [9.17, 15) is 19.7 Å². The Bertz CT molecular complexity index is 318. The zero-order valence-corrected chi connectivity index (χ0v) is 11.1. The number of hydrogen-bond donors (Lipinski definition) is 4. The molecule has 4 atom stereocenters. The standard InChI is InChI=1S/C14H24FNO3/c15-8-10-7-11(13(18)14(19)12(10)17)16-6-5-9-3-1-2-4-9/h7,9,11-14,16-19H,1-6,8H2/t11-,12+,13+,14+/m1/s1. The number of aliphatic hydroxyl groups is 3. The molecule has 0 aromatic heterocycles. The van der Waals surface area contributed by atoms with Crippen molar-refractivity contribution >= 4 is 0 Å². The largest absolute Gasteiger partial charge is 0.388 e. The second-order valence-electron chi connectivity index (χ2n) is 5.72. The van der Waals surface area contributed by atoms with Crippen LogP contribution in [0, 0.1) is 5.92 Å². The van der Waals surface area contributed by atoms with Crippen LogP contribution in [0.3, 0.4) is 0 Å². The van der Waals surface area contributed by atoms with Gasteiger partial charge in [0.05, 0.1) is 6.04 Å². The Hall–Kier alpha value is -0.490. The maximum atomic E-state index is 12.7. The summed E-state index contributed by atoms with van der Waals surface area (Å²) in [5, 5.41) is 32.3. The number of nitrogens with one attached hydrogen (secondary N) is 1. The van der Waals surface area contributed by atoms with Gasteiger partial charge in [0.2, 0.25) is 0 Å². The lowest BCUT2D eigenvalue weighted by Gasteiger charge is -2.34. The fraction of sp³-hybridized carbons (Fsp3) is 0.857. The summed E-state index contributed by atoms with van der Waals surface area (Å²) < 4.78 is 12.7. The number of halogens is 1. The molecule has 4 N–H and O–H groups in total. The second-order valence-corrected chi connectivity index (χ2v) is 5.72. The molecule has 0 aromatic carbocycles. The van der Waals surface area contributed by atoms with E-state index in [1.807, 2.05) is 0 Å². The first-order valence-electron chi connectivity index (χ1n) is 7.17. The topological polar surface area (TPSA) is 72.7 Å². The molecule has 110 valence electrons. The van der Waals surface area contributed by atoms with Crippen LogP contribution in [0.2, 0.25) is 0 Å². The van der Waals surface area contributed by atoms with Crippen molar-refractivity contribution in [2.45, 2.75) is 56.5 Å². The maximum absolute atomic E-state index is 12.7. The summed E-state index contributed by atoms with van der Waals surface area (Å²) in [5.41, 5.74) is 0.149. The molecule has 0 spiro atoms. The van der Waals surface area contributed by atoms with Crippen LogP contribution in [0.15, 0.2) is 11.6 Å². The average Bonchev–Trinajstić information content (AvgIpc) is 2.92. The van der Waals surface area contributed by atoms with Crippen molar-refractivity contribution in [2.24, 2.45) is 5.92 Å². The van der Waals surface area contributed by atoms with Gasteiger partial charge in [0, 0.05) is 0 Å². The van der Waals surface area contributed by atoms with Crippen LogP contribution in [0.5, 0.6) is 0 Å². The minimum Gasteiger partial charge on any atom is -0.388 e. The van der Waals surface area contributed by atoms with E-state index < -0.39 is 31.0 Å². The molecule has 0 radical (unpaired) electrons. The Morgan fingerprint density at radius 1 is 1.16 bits per heavy atom. The van der Waals surface area contributed by atoms with E-state index in [1.54, 1.807) is 0 Å². The Kier molecular flexibility index (Phi) is 5.33. The lowest BCUT2D eigenvalue weighted by molar-refractivity contribution is -0.0629. The van der Waals surface area contributed by atoms with Gasteiger partial charge in [0.15, 0.2) is 0 Å². The highest BCUT2D eigenvalue weighted by Crippen LogP contribution is 2.27. The Morgan fingerprint density at radius 3 is 2.47 bits per heavy atom. The van der Waals surface area contributed by atoms with Gasteiger partial charge >= 0.3 is 0 Å². The molecule has 2 aliphatic rings. The lowest BCUT2D eigenvalue weighted by Crippen LogP contribution is -2.54. The van der Waals surface area contributed by atoms with Gasteiger partial charge in [-0.1, -0.05) is 31.8 Å². The molecule has 1 fully saturated rings. The highest BCUT2D eigenvalue weighted by atomic mass is 19.1. The Morgan fingerprint density at radius 2 is 1.84 bits per heavy atom. The molecule has 0 bridgehead atoms. The highest BCUT2D eigenvalue weighted by Gasteiger charge is 2.36. The minimum absolute atomic E-state index is 0.149. The monoisotopic (exact) mass is 273 g/mol. The average molecular weight is 273 g/mol. The van der Waals surface area contributed by atoms with Gasteiger partial charge in [0.1, 0.15) is 25.0 Å². The summed E-state index contributed by atoms with van der Waals surface area (Å²) in [7, 11) is 0. The predicted octanol–water partition coefficient (Wildman–Crippen LogP) is 0.517. The zero-order chi connectivity index (χ0) is 13.8. The normalized spacial score (nSPS) is 36.5. The molecule has 1 saturated carbocycles. The molecule has 5 heteroatoms. The summed E-state index contributed by atoms with van der Waals surface area (Å²) in [6.07, 6.45) is 3.98. The van der Waals surface area contributed by atoms with Crippen LogP contribution in [-0.4, -0.2) is 52.9 Å². The molecule has 19 heavy (non-hydrogen) atoms. The fourth-order valence-corrected chi connectivity index (χ4v) is 3.10. The first-order chi connectivity index (χ1) is 9.13. The van der Waals surface area contributed by atoms with Gasteiger partial charge in [-0.25, -0.2) is 4.39 Å². The minimum atomic E-state index is -1.32. The van der Waals surface area contributed by atoms with Gasteiger partial charge in [-0.05, 0) is 24.5 Å². The van der Waals surface area contributed by atoms with E-state index in [0.29, 0.717) is 0 Å². The third-order valence-electron chi connectivity index (χ3n) is 4.38. The van der Waals surface area contributed by atoms with Crippen molar-refractivity contribution < 1.29 is 19.7 Å². The maximum Gasteiger partial charge on any atom is 0.113 e. The van der Waals surface area contributed by atoms with Crippen molar-refractivity contribution in [3.8, 4) is 0 Å². The third-order valence-corrected chi connectivity index (χ3v) is 4.38. The van der Waals surface area contributed by atoms with Crippen LogP contribution in [0.1, 0.15) is 32.1 Å². The Labute approximate surface area is 113 Å². The molecular weight excluding hydrogens is 249 g/mol. The number of rotatable bonds is 5. The van der Waals surface area contributed by atoms with E-state index >= 15 is 0 Å². The van der Waals surface area contributed by atoms with E-state index in [1.165, 1.54) is 31.8 Å². The van der Waals surface area contributed by atoms with Crippen molar-refractivity contribution in [2.75, 3.05) is 13.2 Å². The van der Waals surface area contributed by atoms with E-state index in [-0.39, 0.29) is 5.57 Å². The van der Waals surface area contributed by atoms with Crippen LogP contribution in [0.4, 0.5) is 4.39 Å². The van der Waals surface area contributed by atoms with Crippen molar-refractivity contribution in [3.05, 3.63) is 11.6 Å². The van der Waals surface area contributed by atoms with Gasteiger partial charge < -0.3 is 20.6 Å². The van der Waals surface area contributed by atoms with Gasteiger partial charge in [-0.3, -0.25) is 0 Å². The predicted molar refractivity (Wildman–Crippen MR) is 70.4 cm³/mol. The summed E-state index contributed by atoms with van der Waals surface area (Å²) in [6.45, 7) is -0.0585. The van der Waals surface area contributed by atoms with E-state index in [4.69, 9.17) is 0 Å². The smallest absolute Gasteiger partial charge is 0.113 e. The first kappa shape index (κ1) is 14.9. The third kappa shape index (κ3) is 3.54. The van der Waals surface area contributed by atoms with Crippen LogP contribution in [-0.2, 0) is 0 Å².